The van der Waals surface area contributed by atoms with Gasteiger partial charge in [0.25, 0.3) is 6.33 Å². The zero-order valence-corrected chi connectivity index (χ0v) is 54.1. The smallest absolute Gasteiger partial charge is 0.268 e. The van der Waals surface area contributed by atoms with E-state index in [1.54, 1.807) is 6.07 Å². The SMILES string of the molecule is [2H]c1c([2H])c([2H])c(-c2cc(-c3cc(C(C)(C)C)cc(C(C)(C)C)c3)c(-[n+]3[c-]n(-c4[c-]c(Oc5[c-]c6c(cc5)c5ccccc5n6-c5cc(C(C)(C)C)ccn5)ccc4)c4cc(-c5c([2H])c([2H])c([2H])c([2H])c5[2H])ccc43)c(-c3cc(C(C)(C)C)cc(C(C)(C)C)c3)c2)c([2H])c1[2H].[Pt]. The first-order chi connectivity index (χ1) is 44.4. The van der Waals surface area contributed by atoms with Crippen LogP contribution in [0.1, 0.15) is 145 Å². The van der Waals surface area contributed by atoms with Crippen molar-refractivity contribution >= 4 is 32.8 Å². The predicted octanol–water partition coefficient (Wildman–Crippen LogP) is 20.7. The van der Waals surface area contributed by atoms with Crippen molar-refractivity contribution in [2.45, 2.75) is 131 Å². The summed E-state index contributed by atoms with van der Waals surface area (Å²) >= 11 is 0. The molecule has 0 saturated carbocycles. The van der Waals surface area contributed by atoms with Crippen LogP contribution in [0, 0.1) is 18.5 Å². The normalized spacial score (nSPS) is 14.1. The Morgan fingerprint density at radius 1 is 0.442 bits per heavy atom. The molecule has 12 aromatic rings. The van der Waals surface area contributed by atoms with Crippen LogP contribution in [0.3, 0.4) is 0 Å². The van der Waals surface area contributed by atoms with Gasteiger partial charge in [-0.2, -0.15) is 18.2 Å². The number of imidazole rings is 1. The minimum Gasteiger partial charge on any atom is -0.510 e. The van der Waals surface area contributed by atoms with Gasteiger partial charge in [0.05, 0.1) is 30.4 Å². The average Bonchev–Trinajstić information content (AvgIpc) is 1.16. The topological polar surface area (TPSA) is 35.9 Å². The molecule has 0 N–H and O–H groups in total. The third kappa shape index (κ3) is 11.7. The van der Waals surface area contributed by atoms with Crippen LogP contribution < -0.4 is 9.30 Å². The summed E-state index contributed by atoms with van der Waals surface area (Å²) in [6.45, 7) is 32.7. The Hall–Kier alpha value is -8.11. The molecule has 0 aliphatic rings. The van der Waals surface area contributed by atoms with Gasteiger partial charge in [0.15, 0.2) is 0 Å². The van der Waals surface area contributed by atoms with Crippen LogP contribution in [0.25, 0.3) is 94.5 Å². The van der Waals surface area contributed by atoms with E-state index in [2.05, 4.69) is 181 Å². The molecule has 0 spiro atoms. The molecule has 0 aliphatic heterocycles. The van der Waals surface area contributed by atoms with Gasteiger partial charge in [-0.05, 0) is 147 Å². The number of aromatic nitrogens is 4. The van der Waals surface area contributed by atoms with E-state index in [1.165, 1.54) is 0 Å². The number of fused-ring (bicyclic) bond motifs is 4. The van der Waals surface area contributed by atoms with Crippen molar-refractivity contribution in [3.05, 3.63) is 246 Å². The van der Waals surface area contributed by atoms with Crippen molar-refractivity contribution < 1.29 is 44.1 Å². The maximum Gasteiger partial charge on any atom is 0.268 e. The maximum absolute atomic E-state index is 9.52. The number of hydrogen-bond acceptors (Lipinski definition) is 2. The summed E-state index contributed by atoms with van der Waals surface area (Å²) in [5.74, 6) is 1.53. The standard InChI is InChI=1S/C80H78N4O.Pt/c1-76(2,3)58-37-38-81-74(48-58)84-70-32-23-22-31-66(70)67-35-34-65(50-72(67)84)85-64-30-24-29-63(49-64)82-51-83(71-36-33-54(45-73(71)82)52-25-18-16-19-26-52)75-68(56-39-59(77(4,5)6)46-60(40-56)78(7,8)9)43-55(53-27-20-17-21-28-53)44-69(75)57-41-61(79(10,11)12)47-62(42-57)80(13,14)15;/h16-48H,1-15H3;/q-2;/i16D,17D,18D,19D,20D,21D,25D,26D,27D,28D;. The fourth-order valence-electron chi connectivity index (χ4n) is 11.1. The van der Waals surface area contributed by atoms with Gasteiger partial charge in [-0.15, -0.1) is 29.7 Å². The Labute approximate surface area is 538 Å². The van der Waals surface area contributed by atoms with Crippen molar-refractivity contribution in [3.63, 3.8) is 0 Å². The van der Waals surface area contributed by atoms with Gasteiger partial charge in [0.2, 0.25) is 0 Å². The Bertz CT molecular complexity index is 4930. The molecular formula is C80H78N4OPt-2. The van der Waals surface area contributed by atoms with Crippen molar-refractivity contribution in [1.82, 2.24) is 14.1 Å². The predicted molar refractivity (Wildman–Crippen MR) is 355 cm³/mol. The van der Waals surface area contributed by atoms with Crippen LogP contribution in [-0.2, 0) is 48.1 Å². The second-order valence-electron chi connectivity index (χ2n) is 27.6. The molecule has 0 atom stereocenters. The molecule has 6 heteroatoms. The summed E-state index contributed by atoms with van der Waals surface area (Å²) in [5.41, 5.74) is 11.6. The van der Waals surface area contributed by atoms with Crippen LogP contribution in [0.15, 0.2) is 200 Å². The minimum atomic E-state index is -0.502. The van der Waals surface area contributed by atoms with Crippen molar-refractivity contribution in [3.8, 4) is 73.2 Å². The molecule has 436 valence electrons. The quantitative estimate of drug-likeness (QED) is 0.107. The molecule has 9 aromatic carbocycles. The Balaban J connectivity index is 0.00000936. The minimum absolute atomic E-state index is 0. The van der Waals surface area contributed by atoms with Crippen LogP contribution in [0.4, 0.5) is 0 Å². The van der Waals surface area contributed by atoms with E-state index in [-0.39, 0.29) is 83.4 Å². The summed E-state index contributed by atoms with van der Waals surface area (Å²) in [6, 6.07) is 47.5. The largest absolute Gasteiger partial charge is 0.510 e. The van der Waals surface area contributed by atoms with E-state index in [0.717, 1.165) is 66.6 Å². The number of para-hydroxylation sites is 1. The zero-order chi connectivity index (χ0) is 68.7. The molecular weight excluding hydrogens is 1230 g/mol. The molecule has 86 heavy (non-hydrogen) atoms. The summed E-state index contributed by atoms with van der Waals surface area (Å²) in [7, 11) is 0. The second kappa shape index (κ2) is 22.3. The van der Waals surface area contributed by atoms with Gasteiger partial charge < -0.3 is 13.9 Å². The average molecular weight is 1320 g/mol. The summed E-state index contributed by atoms with van der Waals surface area (Å²) in [6.07, 6.45) is 5.66. The molecule has 0 radical (unpaired) electrons. The fraction of sp³-hybridized carbons (Fsp3) is 0.250. The fourth-order valence-corrected chi connectivity index (χ4v) is 11.1. The third-order valence-electron chi connectivity index (χ3n) is 16.1. The molecule has 3 heterocycles. The van der Waals surface area contributed by atoms with Crippen LogP contribution in [0.2, 0.25) is 0 Å². The zero-order valence-electron chi connectivity index (χ0n) is 61.8. The molecule has 0 amide bonds. The maximum atomic E-state index is 9.52. The van der Waals surface area contributed by atoms with E-state index < -0.39 is 36.3 Å². The number of hydrogen-bond donors (Lipinski definition) is 0. The summed E-state index contributed by atoms with van der Waals surface area (Å²) < 4.78 is 103. The first kappa shape index (κ1) is 48.1. The second-order valence-corrected chi connectivity index (χ2v) is 27.6. The number of ether oxygens (including phenoxy) is 1. The van der Waals surface area contributed by atoms with Crippen molar-refractivity contribution in [1.29, 1.82) is 0 Å². The van der Waals surface area contributed by atoms with Gasteiger partial charge in [-0.25, -0.2) is 4.98 Å². The molecule has 0 aliphatic carbocycles. The van der Waals surface area contributed by atoms with Crippen molar-refractivity contribution in [2.24, 2.45) is 0 Å². The molecule has 0 unspecified atom stereocenters. The van der Waals surface area contributed by atoms with Crippen molar-refractivity contribution in [2.75, 3.05) is 0 Å². The number of pyridine rings is 1. The molecule has 5 nitrogen and oxygen atoms in total. The molecule has 0 fully saturated rings. The Morgan fingerprint density at radius 3 is 1.53 bits per heavy atom. The monoisotopic (exact) mass is 1320 g/mol. The number of benzene rings is 9. The first-order valence-corrected chi connectivity index (χ1v) is 29.2. The van der Waals surface area contributed by atoms with E-state index in [1.807, 2.05) is 88.1 Å². The van der Waals surface area contributed by atoms with Crippen LogP contribution >= 0.6 is 0 Å². The molecule has 12 rings (SSSR count). The Morgan fingerprint density at radius 2 is 0.977 bits per heavy atom. The molecule has 0 saturated heterocycles. The van der Waals surface area contributed by atoms with Crippen LogP contribution in [-0.4, -0.2) is 14.1 Å². The first-order valence-electron chi connectivity index (χ1n) is 34.2. The van der Waals surface area contributed by atoms with Gasteiger partial charge >= 0.3 is 0 Å². The van der Waals surface area contributed by atoms with Crippen LogP contribution in [0.5, 0.6) is 11.5 Å². The third-order valence-corrected chi connectivity index (χ3v) is 16.1. The van der Waals surface area contributed by atoms with Gasteiger partial charge in [-0.3, -0.25) is 4.57 Å². The van der Waals surface area contributed by atoms with E-state index >= 15 is 0 Å². The van der Waals surface area contributed by atoms with Gasteiger partial charge in [0, 0.05) is 44.3 Å². The summed E-state index contributed by atoms with van der Waals surface area (Å²) in [5, 5.41) is 2.01. The van der Waals surface area contributed by atoms with E-state index in [9.17, 15) is 5.48 Å². The van der Waals surface area contributed by atoms with Gasteiger partial charge in [0.1, 0.15) is 5.82 Å². The molecule has 3 aromatic heterocycles. The summed E-state index contributed by atoms with van der Waals surface area (Å²) in [4.78, 5) is 4.89. The van der Waals surface area contributed by atoms with E-state index in [0.29, 0.717) is 56.2 Å². The molecule has 0 bridgehead atoms. The van der Waals surface area contributed by atoms with Gasteiger partial charge in [-0.1, -0.05) is 237 Å². The number of rotatable bonds is 9. The number of nitrogens with zero attached hydrogens (tertiary/aromatic N) is 4. The Kier molecular flexibility index (Phi) is 12.5. The van der Waals surface area contributed by atoms with E-state index in [4.69, 9.17) is 17.9 Å².